The molecule has 0 fully saturated rings. The Labute approximate surface area is 795 Å². The Balaban J connectivity index is 0.000000104. The summed E-state index contributed by atoms with van der Waals surface area (Å²) < 4.78 is 6.27. The molecular formula is C114H84N22OS. The number of nitrogens with zero attached hydrogens (tertiary/aromatic N) is 21. The van der Waals surface area contributed by atoms with Crippen molar-refractivity contribution < 1.29 is 4.42 Å². The molecule has 23 nitrogen and oxygen atoms in total. The first-order chi connectivity index (χ1) is 68.5. The fourth-order valence-corrected chi connectivity index (χ4v) is 14.9. The zero-order chi connectivity index (χ0) is 93.4. The van der Waals surface area contributed by atoms with E-state index >= 15 is 0 Å². The molecule has 0 unspecified atom stereocenters. The van der Waals surface area contributed by atoms with Gasteiger partial charge in [-0.15, -0.1) is 11.3 Å². The van der Waals surface area contributed by atoms with Crippen molar-refractivity contribution in [1.29, 1.82) is 0 Å². The van der Waals surface area contributed by atoms with Gasteiger partial charge in [-0.05, 0) is 179 Å². The standard InChI is InChI=1S/C13H9N.C13H10.C12H8N2.C9H7N.5C8H6N2.C7H6N2.C7H5NO.C7H5NS.C6H4N4/c1-3-7-12-10(5-1)9-11-6-2-4-8-13(11)14-12;1-3-7-12-10(5-1)9-11-6-2-4-8-13(11)12;1-2-6-10-9(5-1)13-11-7-3-4-8-12(11)14-10;1-2-4-9-7-10-6-5-8(9)3-1;1-3-7-4-2-6-10-8(7)9-5-1;1-2-4-8-7(3-1)5-9-6-10-8;1-2-4-8-6-10-9-5-7(8)3-1;1-2-4-8-7(3-1)9-5-6-10-8;1-2-4-8-7(3-1)5-6-9-10-8;3*1-2-4-7-6(3-1)8-5-9-7;1-2-9-6-5(8-1)3-7-4-10-6/h1-9H;1-8H,9H2;1-8H;1-7H;5*1-6H;1-5H,(H,8,9);2*1-5H;1-4H. The van der Waals surface area contributed by atoms with Crippen LogP contribution in [-0.2, 0) is 6.42 Å². The summed E-state index contributed by atoms with van der Waals surface area (Å²) in [5, 5.41) is 25.7. The highest BCUT2D eigenvalue weighted by Crippen LogP contribution is 2.36. The number of aromatic nitrogens is 22. The van der Waals surface area contributed by atoms with E-state index in [1.165, 1.54) is 61.2 Å². The maximum Gasteiger partial charge on any atom is 0.181 e. The molecule has 1 aliphatic carbocycles. The van der Waals surface area contributed by atoms with Crippen molar-refractivity contribution in [3.8, 4) is 11.1 Å². The average Bonchev–Trinajstić information content (AvgIpc) is 1.74. The third-order valence-corrected chi connectivity index (χ3v) is 21.7. The van der Waals surface area contributed by atoms with Crippen LogP contribution in [0.2, 0.25) is 0 Å². The number of pyridine rings is 4. The molecule has 0 amide bonds. The lowest BCUT2D eigenvalue weighted by molar-refractivity contribution is 0.602. The van der Waals surface area contributed by atoms with Gasteiger partial charge in [0.15, 0.2) is 23.3 Å². The first-order valence-corrected chi connectivity index (χ1v) is 44.8. The summed E-state index contributed by atoms with van der Waals surface area (Å²) in [6, 6.07) is 127. The second-order valence-corrected chi connectivity index (χ2v) is 30.9. The number of nitrogens with one attached hydrogen (secondary N) is 1. The van der Waals surface area contributed by atoms with E-state index in [1.54, 1.807) is 86.0 Å². The minimum Gasteiger partial charge on any atom is -0.443 e. The number of para-hydroxylation sites is 14. The van der Waals surface area contributed by atoms with Crippen molar-refractivity contribution in [2.45, 2.75) is 6.42 Å². The molecule has 0 saturated heterocycles. The summed E-state index contributed by atoms with van der Waals surface area (Å²) in [5.74, 6) is 0. The summed E-state index contributed by atoms with van der Waals surface area (Å²) in [6.07, 6.45) is 29.7. The van der Waals surface area contributed by atoms with Gasteiger partial charge in [-0.1, -0.05) is 243 Å². The highest BCUT2D eigenvalue weighted by molar-refractivity contribution is 7.16. The summed E-state index contributed by atoms with van der Waals surface area (Å²) in [5.41, 5.74) is 24.5. The second kappa shape index (κ2) is 48.2. The zero-order valence-corrected chi connectivity index (χ0v) is 75.0. The van der Waals surface area contributed by atoms with Crippen molar-refractivity contribution in [2.75, 3.05) is 0 Å². The molecule has 28 aromatic rings. The van der Waals surface area contributed by atoms with Crippen LogP contribution < -0.4 is 0 Å². The molecule has 0 saturated carbocycles. The van der Waals surface area contributed by atoms with E-state index in [1.807, 2.05) is 321 Å². The van der Waals surface area contributed by atoms with E-state index in [-0.39, 0.29) is 0 Å². The largest absolute Gasteiger partial charge is 0.443 e. The lowest BCUT2D eigenvalue weighted by atomic mass is 10.1. The molecule has 0 radical (unpaired) electrons. The first-order valence-electron chi connectivity index (χ1n) is 43.9. The van der Waals surface area contributed by atoms with Crippen LogP contribution in [0.1, 0.15) is 11.1 Å². The molecule has 1 aliphatic rings. The third kappa shape index (κ3) is 25.6. The van der Waals surface area contributed by atoms with Gasteiger partial charge >= 0.3 is 0 Å². The van der Waals surface area contributed by atoms with E-state index in [0.717, 1.165) is 127 Å². The number of imidazole rings is 1. The summed E-state index contributed by atoms with van der Waals surface area (Å²) >= 11 is 1.68. The molecule has 0 spiro atoms. The Hall–Kier alpha value is -19.1. The number of H-pyrrole nitrogens is 1. The number of oxazole rings is 1. The molecule has 138 heavy (non-hydrogen) atoms. The minimum atomic E-state index is 0.637. The number of aromatic amines is 1. The van der Waals surface area contributed by atoms with Crippen molar-refractivity contribution in [2.24, 2.45) is 0 Å². The lowest BCUT2D eigenvalue weighted by Crippen LogP contribution is -1.85. The molecule has 0 aliphatic heterocycles. The van der Waals surface area contributed by atoms with Gasteiger partial charge in [-0.3, -0.25) is 15.0 Å². The predicted octanol–water partition coefficient (Wildman–Crippen LogP) is 25.9. The Bertz CT molecular complexity index is 6950. The Morgan fingerprint density at radius 1 is 0.239 bits per heavy atom. The number of thiazole rings is 1. The molecule has 662 valence electrons. The number of hydrogen-bond donors (Lipinski definition) is 1. The van der Waals surface area contributed by atoms with Crippen molar-refractivity contribution in [3.63, 3.8) is 0 Å². The van der Waals surface area contributed by atoms with Gasteiger partial charge in [-0.2, -0.15) is 20.4 Å². The van der Waals surface area contributed by atoms with Crippen molar-refractivity contribution >= 4 is 164 Å². The molecular weight excluding hydrogens is 1730 g/mol. The number of benzene rings is 14. The van der Waals surface area contributed by atoms with Crippen molar-refractivity contribution in [3.05, 3.63) is 505 Å². The molecule has 14 aromatic heterocycles. The smallest absolute Gasteiger partial charge is 0.181 e. The van der Waals surface area contributed by atoms with Gasteiger partial charge in [0, 0.05) is 93.5 Å². The lowest BCUT2D eigenvalue weighted by Gasteiger charge is -1.99. The van der Waals surface area contributed by atoms with Gasteiger partial charge in [0.25, 0.3) is 0 Å². The third-order valence-electron chi connectivity index (χ3n) is 20.9. The zero-order valence-electron chi connectivity index (χ0n) is 74.2. The molecule has 29 rings (SSSR count). The molecule has 14 aromatic carbocycles. The molecule has 14 heterocycles. The van der Waals surface area contributed by atoms with E-state index in [0.29, 0.717) is 5.65 Å². The summed E-state index contributed by atoms with van der Waals surface area (Å²) in [4.78, 5) is 72.8. The summed E-state index contributed by atoms with van der Waals surface area (Å²) in [7, 11) is 0. The monoisotopic (exact) mass is 1810 g/mol. The normalized spacial score (nSPS) is 10.4. The van der Waals surface area contributed by atoms with Crippen LogP contribution in [0.15, 0.2) is 498 Å². The predicted molar refractivity (Wildman–Crippen MR) is 555 cm³/mol. The van der Waals surface area contributed by atoms with Crippen LogP contribution in [0.3, 0.4) is 0 Å². The molecule has 1 N–H and O–H groups in total. The Morgan fingerprint density at radius 3 is 1.26 bits per heavy atom. The molecule has 24 heteroatoms. The SMILES string of the molecule is c1ccc2[nH]cnc2c1.c1ccc2c(c1)Cc1ccccc1-2.c1ccc2cnccc2c1.c1ccc2cnncc2c1.c1ccc2nc3ccccc3cc2c1.c1ccc2nc3ccccc3nc2c1.c1ccc2nccnc2c1.c1ccc2ncncc2c1.c1ccc2nnccc2c1.c1ccc2ocnc2c1.c1ccc2scnc2c1.c1cnc2ncccc2c1.c1cnc2ncncc2n1. The maximum absolute atomic E-state index is 5.01. The first kappa shape index (κ1) is 90.8. The highest BCUT2D eigenvalue weighted by Gasteiger charge is 2.16. The van der Waals surface area contributed by atoms with Crippen LogP contribution in [0.4, 0.5) is 0 Å². The summed E-state index contributed by atoms with van der Waals surface area (Å²) in [6.45, 7) is 0. The van der Waals surface area contributed by atoms with Gasteiger partial charge in [0.05, 0.1) is 113 Å². The minimum absolute atomic E-state index is 0.637. The van der Waals surface area contributed by atoms with Crippen molar-refractivity contribution in [1.82, 2.24) is 110 Å². The van der Waals surface area contributed by atoms with Gasteiger partial charge in [0.2, 0.25) is 0 Å². The van der Waals surface area contributed by atoms with E-state index < -0.39 is 0 Å². The topological polar surface area (TPSA) is 300 Å². The fraction of sp³-hybridized carbons (Fsp3) is 0.00877. The van der Waals surface area contributed by atoms with Crippen LogP contribution in [0.25, 0.3) is 164 Å². The van der Waals surface area contributed by atoms with Crippen LogP contribution >= 0.6 is 11.3 Å². The number of fused-ring (bicyclic) bond motifs is 17. The molecule has 0 atom stereocenters. The van der Waals surface area contributed by atoms with Gasteiger partial charge in [0.1, 0.15) is 23.7 Å². The van der Waals surface area contributed by atoms with Gasteiger partial charge < -0.3 is 9.40 Å². The number of hydrogen-bond acceptors (Lipinski definition) is 23. The number of rotatable bonds is 0. The second-order valence-electron chi connectivity index (χ2n) is 30.0. The fourth-order valence-electron chi connectivity index (χ4n) is 14.2. The van der Waals surface area contributed by atoms with Crippen LogP contribution in [0, 0.1) is 0 Å². The van der Waals surface area contributed by atoms with E-state index in [4.69, 9.17) is 4.42 Å². The Morgan fingerprint density at radius 2 is 0.681 bits per heavy atom. The Kier molecular flexibility index (Phi) is 31.7. The molecule has 0 bridgehead atoms. The van der Waals surface area contributed by atoms with Crippen LogP contribution in [-0.4, -0.2) is 110 Å². The van der Waals surface area contributed by atoms with E-state index in [9.17, 15) is 0 Å². The van der Waals surface area contributed by atoms with Crippen LogP contribution in [0.5, 0.6) is 0 Å². The average molecular weight is 1810 g/mol. The quantitative estimate of drug-likeness (QED) is 0.138. The van der Waals surface area contributed by atoms with E-state index in [2.05, 4.69) is 195 Å². The maximum atomic E-state index is 5.01. The van der Waals surface area contributed by atoms with Gasteiger partial charge in [-0.25, -0.2) is 69.8 Å². The highest BCUT2D eigenvalue weighted by atomic mass is 32.1.